The summed E-state index contributed by atoms with van der Waals surface area (Å²) in [5.41, 5.74) is 0.247. The van der Waals surface area contributed by atoms with E-state index in [0.717, 1.165) is 37.5 Å². The first kappa shape index (κ1) is 21.2. The minimum absolute atomic E-state index is 0.207. The molecule has 0 amide bonds. The van der Waals surface area contributed by atoms with E-state index in [-0.39, 0.29) is 15.4 Å². The first-order chi connectivity index (χ1) is 13.6. The van der Waals surface area contributed by atoms with Gasteiger partial charge in [0.25, 0.3) is 0 Å². The van der Waals surface area contributed by atoms with Crippen molar-refractivity contribution in [3.05, 3.63) is 47.0 Å². The lowest BCUT2D eigenvalue weighted by Crippen LogP contribution is -2.15. The molecule has 0 saturated heterocycles. The van der Waals surface area contributed by atoms with Gasteiger partial charge in [-0.15, -0.1) is 0 Å². The van der Waals surface area contributed by atoms with Gasteiger partial charge in [0.1, 0.15) is 23.3 Å². The molecule has 0 unspecified atom stereocenters. The SMILES string of the molecule is C[SiH2]CC[C@H]1CC[C@H](C=C[C@H]2CC[C@H](c3cc(F)c(C#N)c(F)c3)CC2)CC1. The molecule has 0 aromatic heterocycles. The molecule has 2 aliphatic rings. The lowest BCUT2D eigenvalue weighted by molar-refractivity contribution is 0.301. The number of hydrogen-bond donors (Lipinski definition) is 0. The number of halogens is 2. The van der Waals surface area contributed by atoms with Crippen molar-refractivity contribution in [2.24, 2.45) is 17.8 Å². The molecule has 28 heavy (non-hydrogen) atoms. The van der Waals surface area contributed by atoms with Crippen LogP contribution in [0, 0.1) is 40.7 Å². The van der Waals surface area contributed by atoms with Crippen LogP contribution in [0.2, 0.25) is 12.6 Å². The quantitative estimate of drug-likeness (QED) is 0.394. The van der Waals surface area contributed by atoms with E-state index in [2.05, 4.69) is 18.7 Å². The van der Waals surface area contributed by atoms with E-state index >= 15 is 0 Å². The van der Waals surface area contributed by atoms with Gasteiger partial charge in [-0.1, -0.05) is 31.2 Å². The summed E-state index contributed by atoms with van der Waals surface area (Å²) in [6.07, 6.45) is 16.0. The van der Waals surface area contributed by atoms with E-state index in [0.29, 0.717) is 11.5 Å². The maximum absolute atomic E-state index is 13.9. The third kappa shape index (κ3) is 5.53. The van der Waals surface area contributed by atoms with Crippen molar-refractivity contribution in [1.29, 1.82) is 5.26 Å². The highest BCUT2D eigenvalue weighted by Gasteiger charge is 2.24. The van der Waals surface area contributed by atoms with Gasteiger partial charge in [0.2, 0.25) is 0 Å². The minimum atomic E-state index is -0.726. The van der Waals surface area contributed by atoms with E-state index in [1.807, 2.05) is 0 Å². The molecule has 0 N–H and O–H groups in total. The Morgan fingerprint density at radius 3 is 2.00 bits per heavy atom. The average Bonchev–Trinajstić information content (AvgIpc) is 2.71. The summed E-state index contributed by atoms with van der Waals surface area (Å²) in [6.45, 7) is 2.41. The molecule has 0 aliphatic heterocycles. The third-order valence-corrected chi connectivity index (χ3v) is 8.05. The maximum atomic E-state index is 13.9. The van der Waals surface area contributed by atoms with Crippen molar-refractivity contribution in [3.63, 3.8) is 0 Å². The van der Waals surface area contributed by atoms with Crippen molar-refractivity contribution in [3.8, 4) is 6.07 Å². The van der Waals surface area contributed by atoms with E-state index in [4.69, 9.17) is 5.26 Å². The number of nitriles is 1. The zero-order valence-electron chi connectivity index (χ0n) is 17.1. The van der Waals surface area contributed by atoms with Crippen molar-refractivity contribution < 1.29 is 8.78 Å². The Bertz CT molecular complexity index is 685. The molecule has 0 atom stereocenters. The van der Waals surface area contributed by atoms with Crippen LogP contribution in [0.3, 0.4) is 0 Å². The number of rotatable bonds is 6. The predicted molar refractivity (Wildman–Crippen MR) is 114 cm³/mol. The van der Waals surface area contributed by atoms with Crippen molar-refractivity contribution in [2.75, 3.05) is 0 Å². The topological polar surface area (TPSA) is 23.8 Å². The van der Waals surface area contributed by atoms with Crippen LogP contribution >= 0.6 is 0 Å². The Morgan fingerprint density at radius 1 is 0.964 bits per heavy atom. The molecule has 0 bridgehead atoms. The highest BCUT2D eigenvalue weighted by atomic mass is 28.2. The standard InChI is InChI=1S/C24H33F2NSi/c1-28-13-12-19-6-4-17(5-7-19)2-3-18-8-10-20(11-9-18)21-14-23(25)22(16-27)24(26)15-21/h2-3,14-15,17-20H,4-13,28H2,1H3/t17-,18-,19-,20-. The molecule has 1 aromatic carbocycles. The number of hydrogen-bond acceptors (Lipinski definition) is 1. The molecule has 0 heterocycles. The summed E-state index contributed by atoms with van der Waals surface area (Å²) in [6, 6.07) is 5.85. The lowest BCUT2D eigenvalue weighted by atomic mass is 9.77. The number of allylic oxidation sites excluding steroid dienone is 2. The molecule has 0 radical (unpaired) electrons. The second-order valence-corrected chi connectivity index (χ2v) is 10.6. The van der Waals surface area contributed by atoms with Crippen LogP contribution in [0.1, 0.15) is 74.8 Å². The summed E-state index contributed by atoms with van der Waals surface area (Å²) >= 11 is 0. The van der Waals surface area contributed by atoms with Crippen LogP contribution in [-0.4, -0.2) is 9.52 Å². The van der Waals surface area contributed by atoms with Gasteiger partial charge in [0.05, 0.1) is 0 Å². The Hall–Kier alpha value is -1.47. The second kappa shape index (κ2) is 10.3. The van der Waals surface area contributed by atoms with Gasteiger partial charge in [-0.25, -0.2) is 8.78 Å². The molecule has 1 nitrogen and oxygen atoms in total. The largest absolute Gasteiger partial charge is 0.205 e. The highest BCUT2D eigenvalue weighted by molar-refractivity contribution is 6.33. The lowest BCUT2D eigenvalue weighted by Gasteiger charge is -2.29. The van der Waals surface area contributed by atoms with Gasteiger partial charge in [-0.05, 0) is 92.7 Å². The number of benzene rings is 1. The van der Waals surface area contributed by atoms with Crippen LogP contribution in [0.15, 0.2) is 24.3 Å². The van der Waals surface area contributed by atoms with Crippen molar-refractivity contribution in [1.82, 2.24) is 0 Å². The normalized spacial score (nSPS) is 28.8. The molecule has 152 valence electrons. The minimum Gasteiger partial charge on any atom is -0.205 e. The predicted octanol–water partition coefficient (Wildman–Crippen LogP) is 6.50. The summed E-state index contributed by atoms with van der Waals surface area (Å²) in [7, 11) is 0.231. The van der Waals surface area contributed by atoms with Crippen LogP contribution in [-0.2, 0) is 0 Å². The molecular weight excluding hydrogens is 368 g/mol. The first-order valence-electron chi connectivity index (χ1n) is 11.2. The third-order valence-electron chi connectivity index (χ3n) is 6.93. The molecule has 2 fully saturated rings. The fourth-order valence-corrected chi connectivity index (χ4v) is 6.04. The zero-order valence-corrected chi connectivity index (χ0v) is 18.5. The van der Waals surface area contributed by atoms with Gasteiger partial charge in [-0.3, -0.25) is 0 Å². The van der Waals surface area contributed by atoms with Crippen LogP contribution in [0.25, 0.3) is 0 Å². The maximum Gasteiger partial charge on any atom is 0.144 e. The zero-order chi connectivity index (χ0) is 19.9. The number of nitrogens with zero attached hydrogens (tertiary/aromatic N) is 1. The Kier molecular flexibility index (Phi) is 7.85. The van der Waals surface area contributed by atoms with Crippen LogP contribution in [0.4, 0.5) is 8.78 Å². The van der Waals surface area contributed by atoms with Crippen LogP contribution < -0.4 is 0 Å². The van der Waals surface area contributed by atoms with Crippen molar-refractivity contribution >= 4 is 9.52 Å². The summed E-state index contributed by atoms with van der Waals surface area (Å²) in [4.78, 5) is 0. The van der Waals surface area contributed by atoms with Gasteiger partial charge >= 0.3 is 0 Å². The van der Waals surface area contributed by atoms with E-state index in [9.17, 15) is 8.78 Å². The Morgan fingerprint density at radius 2 is 1.50 bits per heavy atom. The fraction of sp³-hybridized carbons (Fsp3) is 0.625. The van der Waals surface area contributed by atoms with Gasteiger partial charge in [-0.2, -0.15) is 5.26 Å². The molecule has 2 aliphatic carbocycles. The van der Waals surface area contributed by atoms with Gasteiger partial charge in [0.15, 0.2) is 0 Å². The van der Waals surface area contributed by atoms with E-state index < -0.39 is 17.2 Å². The first-order valence-corrected chi connectivity index (χ1v) is 13.6. The highest BCUT2D eigenvalue weighted by Crippen LogP contribution is 2.38. The second-order valence-electron chi connectivity index (χ2n) is 8.89. The summed E-state index contributed by atoms with van der Waals surface area (Å²) < 4.78 is 27.8. The average molecular weight is 402 g/mol. The summed E-state index contributed by atoms with van der Waals surface area (Å²) in [5.74, 6) is 1.11. The van der Waals surface area contributed by atoms with E-state index in [1.54, 1.807) is 6.07 Å². The molecular formula is C24H33F2NSi. The molecule has 4 heteroatoms. The Balaban J connectivity index is 1.46. The van der Waals surface area contributed by atoms with Gasteiger partial charge in [0, 0.05) is 9.52 Å². The fourth-order valence-electron chi connectivity index (χ4n) is 5.06. The molecule has 0 spiro atoms. The van der Waals surface area contributed by atoms with Gasteiger partial charge < -0.3 is 0 Å². The molecule has 2 saturated carbocycles. The smallest absolute Gasteiger partial charge is 0.144 e. The Labute approximate surface area is 171 Å². The van der Waals surface area contributed by atoms with Crippen LogP contribution in [0.5, 0.6) is 0 Å². The van der Waals surface area contributed by atoms with E-state index in [1.165, 1.54) is 50.3 Å². The van der Waals surface area contributed by atoms with Crippen molar-refractivity contribution in [2.45, 2.75) is 76.3 Å². The monoisotopic (exact) mass is 401 g/mol. The summed E-state index contributed by atoms with van der Waals surface area (Å²) in [5, 5.41) is 8.82. The molecule has 1 aromatic rings. The molecule has 3 rings (SSSR count).